The quantitative estimate of drug-likeness (QED) is 0.168. The van der Waals surface area contributed by atoms with E-state index in [2.05, 4.69) is 210 Å². The first kappa shape index (κ1) is 32.3. The molecular weight excluding hydrogens is 675 g/mol. The molecule has 0 N–H and O–H groups in total. The molecule has 0 aliphatic rings. The lowest BCUT2D eigenvalue weighted by Gasteiger charge is -2.26. The highest BCUT2D eigenvalue weighted by Crippen LogP contribution is 2.45. The summed E-state index contributed by atoms with van der Waals surface area (Å²) in [6.45, 7) is 0. The van der Waals surface area contributed by atoms with Gasteiger partial charge < -0.3 is 4.57 Å². The largest absolute Gasteiger partial charge is 0.309 e. The Kier molecular flexibility index (Phi) is 7.57. The fraction of sp³-hybridized carbons (Fsp3) is 0.0600. The molecule has 10 rings (SSSR count). The molecule has 0 amide bonds. The molecular formula is C50H39N3S. The van der Waals surface area contributed by atoms with Crippen LogP contribution in [0.5, 0.6) is 0 Å². The number of fused-ring (bicyclic) bond motifs is 6. The van der Waals surface area contributed by atoms with Crippen molar-refractivity contribution < 1.29 is 0 Å². The third-order valence-corrected chi connectivity index (χ3v) is 12.4. The van der Waals surface area contributed by atoms with Gasteiger partial charge in [0.25, 0.3) is 0 Å². The first-order valence-electron chi connectivity index (χ1n) is 18.4. The van der Waals surface area contributed by atoms with Crippen molar-refractivity contribution in [2.75, 3.05) is 18.8 Å². The maximum atomic E-state index is 5.32. The van der Waals surface area contributed by atoms with Gasteiger partial charge in [-0.15, -0.1) is 0 Å². The number of rotatable bonds is 6. The standard InChI is InChI=1S/C50H39N3S/c1-54(2,3)40-26-24-39(25-27-40)52-46-20-12-10-18-41(46)43-30-36(22-28-48(43)52)37-23-29-49-44(31-37)42-19-11-13-21-47(42)53(49)50-33-38(34-14-6-4-7-15-34)32-45(51-50)35-16-8-5-9-17-35/h4-33H,1-3H3. The maximum Gasteiger partial charge on any atom is 0.138 e. The number of para-hydroxylation sites is 2. The first-order valence-corrected chi connectivity index (χ1v) is 21.3. The molecule has 0 atom stereocenters. The Balaban J connectivity index is 1.14. The lowest BCUT2D eigenvalue weighted by molar-refractivity contribution is 1.08. The van der Waals surface area contributed by atoms with Crippen LogP contribution in [0.25, 0.3) is 88.6 Å². The Bertz CT molecular complexity index is 2950. The van der Waals surface area contributed by atoms with E-state index in [4.69, 9.17) is 4.98 Å². The van der Waals surface area contributed by atoms with Gasteiger partial charge in [-0.25, -0.2) is 15.0 Å². The molecule has 54 heavy (non-hydrogen) atoms. The van der Waals surface area contributed by atoms with Gasteiger partial charge in [-0.3, -0.25) is 4.57 Å². The van der Waals surface area contributed by atoms with Crippen LogP contribution < -0.4 is 0 Å². The van der Waals surface area contributed by atoms with Crippen molar-refractivity contribution in [1.82, 2.24) is 14.1 Å². The first-order chi connectivity index (χ1) is 26.4. The lowest BCUT2D eigenvalue weighted by Crippen LogP contribution is -2.00. The fourth-order valence-corrected chi connectivity index (χ4v) is 8.97. The monoisotopic (exact) mass is 713 g/mol. The molecule has 0 aliphatic carbocycles. The van der Waals surface area contributed by atoms with E-state index in [-0.39, 0.29) is 0 Å². The average molecular weight is 714 g/mol. The fourth-order valence-electron chi connectivity index (χ4n) is 8.02. The second-order valence-electron chi connectivity index (χ2n) is 14.8. The molecule has 0 saturated carbocycles. The van der Waals surface area contributed by atoms with Crippen LogP contribution in [0.2, 0.25) is 0 Å². The highest BCUT2D eigenvalue weighted by molar-refractivity contribution is 8.32. The van der Waals surface area contributed by atoms with E-state index >= 15 is 0 Å². The van der Waals surface area contributed by atoms with Gasteiger partial charge in [0, 0.05) is 32.8 Å². The van der Waals surface area contributed by atoms with E-state index in [1.807, 2.05) is 0 Å². The van der Waals surface area contributed by atoms with Crippen molar-refractivity contribution in [3.05, 3.63) is 182 Å². The molecule has 10 aromatic rings. The van der Waals surface area contributed by atoms with E-state index in [1.165, 1.54) is 59.9 Å². The minimum atomic E-state index is -0.795. The van der Waals surface area contributed by atoms with Crippen molar-refractivity contribution in [2.45, 2.75) is 4.90 Å². The van der Waals surface area contributed by atoms with Crippen molar-refractivity contribution in [3.63, 3.8) is 0 Å². The molecule has 260 valence electrons. The molecule has 4 heteroatoms. The van der Waals surface area contributed by atoms with Crippen LogP contribution in [0.1, 0.15) is 0 Å². The summed E-state index contributed by atoms with van der Waals surface area (Å²) in [6.07, 6.45) is 7.05. The molecule has 3 nitrogen and oxygen atoms in total. The van der Waals surface area contributed by atoms with E-state index in [0.717, 1.165) is 33.7 Å². The average Bonchev–Trinajstić information content (AvgIpc) is 3.73. The molecule has 0 unspecified atom stereocenters. The summed E-state index contributed by atoms with van der Waals surface area (Å²) in [4.78, 5) is 6.74. The summed E-state index contributed by atoms with van der Waals surface area (Å²) >= 11 is 0. The van der Waals surface area contributed by atoms with Gasteiger partial charge in [-0.1, -0.05) is 109 Å². The summed E-state index contributed by atoms with van der Waals surface area (Å²) in [5.74, 6) is 0.903. The summed E-state index contributed by atoms with van der Waals surface area (Å²) in [6, 6.07) is 66.0. The number of benzene rings is 7. The Labute approximate surface area is 317 Å². The second-order valence-corrected chi connectivity index (χ2v) is 19.0. The van der Waals surface area contributed by atoms with E-state index in [1.54, 1.807) is 0 Å². The minimum absolute atomic E-state index is 0.795. The lowest BCUT2D eigenvalue weighted by atomic mass is 10.0. The molecule has 0 bridgehead atoms. The summed E-state index contributed by atoms with van der Waals surface area (Å²) in [5, 5.41) is 4.93. The van der Waals surface area contributed by atoms with Crippen LogP contribution in [-0.2, 0) is 0 Å². The van der Waals surface area contributed by atoms with Gasteiger partial charge >= 0.3 is 0 Å². The zero-order chi connectivity index (χ0) is 36.4. The second kappa shape index (κ2) is 12.6. The van der Waals surface area contributed by atoms with Crippen LogP contribution in [0.15, 0.2) is 187 Å². The van der Waals surface area contributed by atoms with Crippen molar-refractivity contribution >= 4 is 53.6 Å². The molecule has 3 aromatic heterocycles. The SMILES string of the molecule is CS(C)(C)c1ccc(-n2c3ccccc3c3cc(-c4ccc5c(c4)c4ccccc4n5-c4cc(-c5ccccc5)cc(-c5ccccc5)n4)ccc32)cc1. The number of hydrogen-bond acceptors (Lipinski definition) is 1. The smallest absolute Gasteiger partial charge is 0.138 e. The van der Waals surface area contributed by atoms with Crippen molar-refractivity contribution in [1.29, 1.82) is 0 Å². The van der Waals surface area contributed by atoms with Crippen LogP contribution >= 0.6 is 10.0 Å². The van der Waals surface area contributed by atoms with Gasteiger partial charge in [0.2, 0.25) is 0 Å². The Morgan fingerprint density at radius 1 is 0.370 bits per heavy atom. The predicted octanol–water partition coefficient (Wildman–Crippen LogP) is 13.3. The van der Waals surface area contributed by atoms with E-state index in [9.17, 15) is 0 Å². The van der Waals surface area contributed by atoms with Gasteiger partial charge in [0.15, 0.2) is 0 Å². The van der Waals surface area contributed by atoms with Crippen LogP contribution in [-0.4, -0.2) is 32.9 Å². The van der Waals surface area contributed by atoms with Gasteiger partial charge in [0.05, 0.1) is 27.8 Å². The molecule has 0 aliphatic heterocycles. The number of hydrogen-bond donors (Lipinski definition) is 0. The van der Waals surface area contributed by atoms with Crippen LogP contribution in [0, 0.1) is 0 Å². The van der Waals surface area contributed by atoms with Crippen molar-refractivity contribution in [2.24, 2.45) is 0 Å². The maximum absolute atomic E-state index is 5.32. The highest BCUT2D eigenvalue weighted by atomic mass is 32.3. The zero-order valence-corrected chi connectivity index (χ0v) is 31.4. The molecule has 3 heterocycles. The van der Waals surface area contributed by atoms with E-state index < -0.39 is 10.0 Å². The van der Waals surface area contributed by atoms with E-state index in [0.29, 0.717) is 0 Å². The number of aromatic nitrogens is 3. The molecule has 0 radical (unpaired) electrons. The van der Waals surface area contributed by atoms with Crippen molar-refractivity contribution in [3.8, 4) is 45.0 Å². The summed E-state index contributed by atoms with van der Waals surface area (Å²) in [7, 11) is -0.795. The van der Waals surface area contributed by atoms with Gasteiger partial charge in [-0.2, -0.15) is 0 Å². The van der Waals surface area contributed by atoms with Gasteiger partial charge in [-0.05, 0) is 119 Å². The summed E-state index contributed by atoms with van der Waals surface area (Å²) < 4.78 is 4.74. The normalized spacial score (nSPS) is 12.3. The van der Waals surface area contributed by atoms with Gasteiger partial charge in [0.1, 0.15) is 5.82 Å². The molecule has 0 fully saturated rings. The molecule has 7 aromatic carbocycles. The third-order valence-electron chi connectivity index (χ3n) is 10.7. The molecule has 0 saturated heterocycles. The predicted molar refractivity (Wildman–Crippen MR) is 233 cm³/mol. The number of nitrogens with zero attached hydrogens (tertiary/aromatic N) is 3. The topological polar surface area (TPSA) is 22.8 Å². The molecule has 0 spiro atoms. The van der Waals surface area contributed by atoms with Crippen LogP contribution in [0.4, 0.5) is 0 Å². The van der Waals surface area contributed by atoms with Crippen LogP contribution in [0.3, 0.4) is 0 Å². The zero-order valence-electron chi connectivity index (χ0n) is 30.6. The Morgan fingerprint density at radius 3 is 1.46 bits per heavy atom. The Hall–Kier alpha value is -6.36. The number of pyridine rings is 1. The third kappa shape index (κ3) is 5.41. The summed E-state index contributed by atoms with van der Waals surface area (Å²) in [5.41, 5.74) is 12.6. The highest BCUT2D eigenvalue weighted by Gasteiger charge is 2.18. The Morgan fingerprint density at radius 2 is 0.870 bits per heavy atom. The minimum Gasteiger partial charge on any atom is -0.309 e.